The largest absolute Gasteiger partial charge is 0.326 e. The third-order valence-electron chi connectivity index (χ3n) is 3.08. The average Bonchev–Trinajstić information content (AvgIpc) is 2.97. The molecule has 0 aliphatic carbocycles. The van der Waals surface area contributed by atoms with Crippen LogP contribution in [0.1, 0.15) is 5.56 Å². The van der Waals surface area contributed by atoms with Gasteiger partial charge in [-0.05, 0) is 29.8 Å². The molecular weight excluding hydrogens is 262 g/mol. The minimum Gasteiger partial charge on any atom is -0.326 e. The maximum Gasteiger partial charge on any atom is 0.228 e. The minimum atomic E-state index is -0.0474. The van der Waals surface area contributed by atoms with Crippen LogP contribution in [0.2, 0.25) is 0 Å². The fourth-order valence-corrected chi connectivity index (χ4v) is 2.09. The zero-order valence-electron chi connectivity index (χ0n) is 11.4. The van der Waals surface area contributed by atoms with Crippen molar-refractivity contribution in [3.05, 3.63) is 78.6 Å². The van der Waals surface area contributed by atoms with E-state index in [0.29, 0.717) is 6.42 Å². The summed E-state index contributed by atoms with van der Waals surface area (Å²) >= 11 is 0. The zero-order chi connectivity index (χ0) is 14.5. The highest BCUT2D eigenvalue weighted by Crippen LogP contribution is 2.10. The standard InChI is InChI=1S/C17H15N3O/c21-17(19-15-7-3-1-4-8-15)11-14-12-18-20(13-14)16-9-5-2-6-10-16/h1-10,12-13H,11H2,(H,19,21). The molecule has 0 fully saturated rings. The molecule has 0 aliphatic heterocycles. The Morgan fingerprint density at radius 3 is 2.38 bits per heavy atom. The fourth-order valence-electron chi connectivity index (χ4n) is 2.09. The third-order valence-corrected chi connectivity index (χ3v) is 3.08. The molecule has 0 bridgehead atoms. The first-order chi connectivity index (χ1) is 10.3. The molecule has 2 aromatic carbocycles. The van der Waals surface area contributed by atoms with E-state index in [1.807, 2.05) is 66.9 Å². The first kappa shape index (κ1) is 13.1. The van der Waals surface area contributed by atoms with Crippen molar-refractivity contribution >= 4 is 11.6 Å². The first-order valence-electron chi connectivity index (χ1n) is 6.75. The maximum atomic E-state index is 12.0. The monoisotopic (exact) mass is 277 g/mol. The summed E-state index contributed by atoms with van der Waals surface area (Å²) in [6.45, 7) is 0. The Morgan fingerprint density at radius 2 is 1.67 bits per heavy atom. The molecule has 1 N–H and O–H groups in total. The molecule has 104 valence electrons. The Balaban J connectivity index is 1.66. The Morgan fingerprint density at radius 1 is 1.00 bits per heavy atom. The van der Waals surface area contributed by atoms with Crippen molar-refractivity contribution in [3.8, 4) is 5.69 Å². The van der Waals surface area contributed by atoms with Gasteiger partial charge in [-0.15, -0.1) is 0 Å². The lowest BCUT2D eigenvalue weighted by Gasteiger charge is -2.03. The molecule has 4 heteroatoms. The van der Waals surface area contributed by atoms with Crippen LogP contribution < -0.4 is 5.32 Å². The highest BCUT2D eigenvalue weighted by molar-refractivity contribution is 5.92. The number of hydrogen-bond donors (Lipinski definition) is 1. The van der Waals surface area contributed by atoms with Crippen LogP contribution in [-0.2, 0) is 11.2 Å². The Kier molecular flexibility index (Phi) is 3.78. The summed E-state index contributed by atoms with van der Waals surface area (Å²) < 4.78 is 1.77. The van der Waals surface area contributed by atoms with Crippen molar-refractivity contribution in [3.63, 3.8) is 0 Å². The van der Waals surface area contributed by atoms with Crippen LogP contribution in [0.3, 0.4) is 0 Å². The van der Waals surface area contributed by atoms with Gasteiger partial charge in [-0.2, -0.15) is 5.10 Å². The van der Waals surface area contributed by atoms with Gasteiger partial charge in [0.05, 0.1) is 18.3 Å². The summed E-state index contributed by atoms with van der Waals surface area (Å²) in [4.78, 5) is 12.0. The van der Waals surface area contributed by atoms with E-state index in [2.05, 4.69) is 10.4 Å². The normalized spacial score (nSPS) is 10.3. The lowest BCUT2D eigenvalue weighted by molar-refractivity contribution is -0.115. The topological polar surface area (TPSA) is 46.9 Å². The van der Waals surface area contributed by atoms with Gasteiger partial charge in [0, 0.05) is 11.9 Å². The lowest BCUT2D eigenvalue weighted by Crippen LogP contribution is -2.13. The molecule has 3 rings (SSSR count). The molecule has 0 unspecified atom stereocenters. The lowest BCUT2D eigenvalue weighted by atomic mass is 10.2. The molecule has 3 aromatic rings. The van der Waals surface area contributed by atoms with Crippen LogP contribution in [0.4, 0.5) is 5.69 Å². The molecule has 1 heterocycles. The molecule has 0 saturated carbocycles. The number of amides is 1. The van der Waals surface area contributed by atoms with E-state index in [0.717, 1.165) is 16.9 Å². The molecule has 0 radical (unpaired) electrons. The van der Waals surface area contributed by atoms with E-state index in [1.54, 1.807) is 10.9 Å². The number of carbonyl (C=O) groups excluding carboxylic acids is 1. The molecular formula is C17H15N3O. The van der Waals surface area contributed by atoms with Crippen LogP contribution in [0, 0.1) is 0 Å². The van der Waals surface area contributed by atoms with Crippen molar-refractivity contribution in [2.24, 2.45) is 0 Å². The Hall–Kier alpha value is -2.88. The predicted octanol–water partition coefficient (Wildman–Crippen LogP) is 3.05. The van der Waals surface area contributed by atoms with Gasteiger partial charge in [-0.1, -0.05) is 36.4 Å². The van der Waals surface area contributed by atoms with Gasteiger partial charge < -0.3 is 5.32 Å². The van der Waals surface area contributed by atoms with Gasteiger partial charge in [0.2, 0.25) is 5.91 Å². The van der Waals surface area contributed by atoms with E-state index in [4.69, 9.17) is 0 Å². The SMILES string of the molecule is O=C(Cc1cnn(-c2ccccc2)c1)Nc1ccccc1. The second-order valence-corrected chi connectivity index (χ2v) is 4.72. The second-order valence-electron chi connectivity index (χ2n) is 4.72. The van der Waals surface area contributed by atoms with Gasteiger partial charge in [0.1, 0.15) is 0 Å². The predicted molar refractivity (Wildman–Crippen MR) is 82.3 cm³/mol. The summed E-state index contributed by atoms with van der Waals surface area (Å²) in [5, 5.41) is 7.15. The van der Waals surface area contributed by atoms with Gasteiger partial charge in [0.25, 0.3) is 0 Å². The molecule has 0 spiro atoms. The summed E-state index contributed by atoms with van der Waals surface area (Å²) in [6.07, 6.45) is 3.90. The second kappa shape index (κ2) is 6.05. The van der Waals surface area contributed by atoms with Crippen molar-refractivity contribution in [1.29, 1.82) is 0 Å². The summed E-state index contributed by atoms with van der Waals surface area (Å²) in [6, 6.07) is 19.3. The Bertz CT molecular complexity index is 720. The van der Waals surface area contributed by atoms with E-state index in [1.165, 1.54) is 0 Å². The summed E-state index contributed by atoms with van der Waals surface area (Å²) in [7, 11) is 0. The van der Waals surface area contributed by atoms with Gasteiger partial charge >= 0.3 is 0 Å². The van der Waals surface area contributed by atoms with Crippen molar-refractivity contribution in [2.75, 3.05) is 5.32 Å². The van der Waals surface area contributed by atoms with Gasteiger partial charge in [-0.3, -0.25) is 4.79 Å². The van der Waals surface area contributed by atoms with Crippen molar-refractivity contribution in [1.82, 2.24) is 9.78 Å². The molecule has 1 amide bonds. The van der Waals surface area contributed by atoms with Crippen LogP contribution in [0.5, 0.6) is 0 Å². The van der Waals surface area contributed by atoms with E-state index < -0.39 is 0 Å². The smallest absolute Gasteiger partial charge is 0.228 e. The molecule has 0 aliphatic rings. The van der Waals surface area contributed by atoms with E-state index in [-0.39, 0.29) is 5.91 Å². The summed E-state index contributed by atoms with van der Waals surface area (Å²) in [5.41, 5.74) is 2.66. The Labute approximate surface area is 123 Å². The maximum absolute atomic E-state index is 12.0. The number of hydrogen-bond acceptors (Lipinski definition) is 2. The number of carbonyl (C=O) groups is 1. The van der Waals surface area contributed by atoms with Crippen LogP contribution in [-0.4, -0.2) is 15.7 Å². The quantitative estimate of drug-likeness (QED) is 0.796. The molecule has 21 heavy (non-hydrogen) atoms. The minimum absolute atomic E-state index is 0.0474. The summed E-state index contributed by atoms with van der Waals surface area (Å²) in [5.74, 6) is -0.0474. The zero-order valence-corrected chi connectivity index (χ0v) is 11.4. The van der Waals surface area contributed by atoms with E-state index >= 15 is 0 Å². The highest BCUT2D eigenvalue weighted by Gasteiger charge is 2.07. The van der Waals surface area contributed by atoms with Crippen LogP contribution in [0.25, 0.3) is 5.69 Å². The average molecular weight is 277 g/mol. The van der Waals surface area contributed by atoms with Crippen molar-refractivity contribution < 1.29 is 4.79 Å². The number of anilines is 1. The number of aromatic nitrogens is 2. The van der Waals surface area contributed by atoms with Gasteiger partial charge in [0.15, 0.2) is 0 Å². The molecule has 1 aromatic heterocycles. The highest BCUT2D eigenvalue weighted by atomic mass is 16.1. The molecule has 4 nitrogen and oxygen atoms in total. The first-order valence-corrected chi connectivity index (χ1v) is 6.75. The molecule has 0 atom stereocenters. The van der Waals surface area contributed by atoms with Crippen LogP contribution >= 0.6 is 0 Å². The number of nitrogens with zero attached hydrogens (tertiary/aromatic N) is 2. The number of para-hydroxylation sites is 2. The number of nitrogens with one attached hydrogen (secondary N) is 1. The number of rotatable bonds is 4. The number of benzene rings is 2. The van der Waals surface area contributed by atoms with E-state index in [9.17, 15) is 4.79 Å². The molecule has 0 saturated heterocycles. The van der Waals surface area contributed by atoms with Gasteiger partial charge in [-0.25, -0.2) is 4.68 Å². The van der Waals surface area contributed by atoms with Crippen molar-refractivity contribution in [2.45, 2.75) is 6.42 Å². The van der Waals surface area contributed by atoms with Crippen LogP contribution in [0.15, 0.2) is 73.1 Å². The third kappa shape index (κ3) is 3.36. The fraction of sp³-hybridized carbons (Fsp3) is 0.0588.